The summed E-state index contributed by atoms with van der Waals surface area (Å²) in [5.74, 6) is 1.33. The number of aliphatic imine (C=N–C) groups is 2. The van der Waals surface area contributed by atoms with Gasteiger partial charge in [-0.1, -0.05) is 6.07 Å². The van der Waals surface area contributed by atoms with Crippen LogP contribution in [0, 0.1) is 0 Å². The number of nitrogens with two attached hydrogens (primary N) is 1. The van der Waals surface area contributed by atoms with Gasteiger partial charge in [-0.25, -0.2) is 9.51 Å². The summed E-state index contributed by atoms with van der Waals surface area (Å²) >= 11 is 0. The lowest BCUT2D eigenvalue weighted by atomic mass is 10.1. The third-order valence-electron chi connectivity index (χ3n) is 4.11. The summed E-state index contributed by atoms with van der Waals surface area (Å²) in [5.41, 5.74) is 8.13. The maximum atomic E-state index is 10.4. The molecule has 2 aromatic rings. The highest BCUT2D eigenvalue weighted by Crippen LogP contribution is 2.31. The van der Waals surface area contributed by atoms with Crippen LogP contribution in [0.5, 0.6) is 0 Å². The maximum absolute atomic E-state index is 10.4. The minimum atomic E-state index is 0.0567. The fourth-order valence-corrected chi connectivity index (χ4v) is 2.84. The van der Waals surface area contributed by atoms with E-state index in [1.807, 2.05) is 24.4 Å². The smallest absolute Gasteiger partial charge is 0.175 e. The number of hydrogen-bond acceptors (Lipinski definition) is 7. The van der Waals surface area contributed by atoms with Crippen LogP contribution in [0.2, 0.25) is 0 Å². The number of fused-ring (bicyclic) bond motifs is 2. The molecule has 26 heavy (non-hydrogen) atoms. The van der Waals surface area contributed by atoms with Crippen molar-refractivity contribution in [2.75, 3.05) is 31.6 Å². The van der Waals surface area contributed by atoms with Crippen molar-refractivity contribution in [1.29, 1.82) is 0 Å². The Morgan fingerprint density at radius 1 is 1.35 bits per heavy atom. The third-order valence-corrected chi connectivity index (χ3v) is 4.11. The lowest BCUT2D eigenvalue weighted by Crippen LogP contribution is -2.20. The molecule has 1 aliphatic heterocycles. The number of rotatable bonds is 5. The van der Waals surface area contributed by atoms with Gasteiger partial charge < -0.3 is 20.9 Å². The molecule has 0 fully saturated rings. The predicted molar refractivity (Wildman–Crippen MR) is 101 cm³/mol. The van der Waals surface area contributed by atoms with Crippen molar-refractivity contribution < 1.29 is 9.84 Å². The van der Waals surface area contributed by atoms with Crippen molar-refractivity contribution in [3.63, 3.8) is 0 Å². The Hall–Kier alpha value is -3.13. The second kappa shape index (κ2) is 7.01. The number of aliphatic hydroxyl groups excluding tert-OH is 1. The molecule has 0 spiro atoms. The van der Waals surface area contributed by atoms with E-state index < -0.39 is 0 Å². The van der Waals surface area contributed by atoms with E-state index in [9.17, 15) is 5.11 Å². The second-order valence-electron chi connectivity index (χ2n) is 5.95. The van der Waals surface area contributed by atoms with E-state index >= 15 is 0 Å². The average molecular weight is 352 g/mol. The first kappa shape index (κ1) is 16.3. The summed E-state index contributed by atoms with van der Waals surface area (Å²) in [5, 5.41) is 18.2. The van der Waals surface area contributed by atoms with Gasteiger partial charge in [0.2, 0.25) is 0 Å². The number of nitrogens with zero attached hydrogens (tertiary/aromatic N) is 4. The standard InChI is InChI=1S/C18H20N6O2/c19-5-3-6-21-18-17(14-4-1-2-8-24(14)23-18)22-12-11-16-13(10-15(12)25)20-7-9-26-16/h1-2,4,8,10-11,25H,3,5-7,9,19H2,(H,21,23)/b22-12+. The van der Waals surface area contributed by atoms with Gasteiger partial charge in [-0.15, -0.1) is 5.10 Å². The van der Waals surface area contributed by atoms with Gasteiger partial charge in [0.25, 0.3) is 0 Å². The fourth-order valence-electron chi connectivity index (χ4n) is 2.84. The van der Waals surface area contributed by atoms with Crippen molar-refractivity contribution >= 4 is 28.4 Å². The normalized spacial score (nSPS) is 18.0. The summed E-state index contributed by atoms with van der Waals surface area (Å²) in [6, 6.07) is 5.76. The zero-order chi connectivity index (χ0) is 17.9. The number of hydrogen-bond donors (Lipinski definition) is 3. The Kier molecular flexibility index (Phi) is 4.40. The molecule has 8 heteroatoms. The van der Waals surface area contributed by atoms with Crippen molar-refractivity contribution in [2.24, 2.45) is 15.7 Å². The molecule has 134 valence electrons. The lowest BCUT2D eigenvalue weighted by molar-refractivity contribution is 0.232. The van der Waals surface area contributed by atoms with E-state index in [2.05, 4.69) is 20.4 Å². The molecule has 1 aliphatic carbocycles. The summed E-state index contributed by atoms with van der Waals surface area (Å²) in [7, 11) is 0. The first-order chi connectivity index (χ1) is 12.8. The zero-order valence-electron chi connectivity index (χ0n) is 14.2. The van der Waals surface area contributed by atoms with Crippen LogP contribution in [0.1, 0.15) is 6.42 Å². The maximum Gasteiger partial charge on any atom is 0.175 e. The van der Waals surface area contributed by atoms with Gasteiger partial charge in [0.15, 0.2) is 5.82 Å². The Balaban J connectivity index is 1.77. The molecule has 0 saturated heterocycles. The molecule has 4 rings (SSSR count). The van der Waals surface area contributed by atoms with Crippen LogP contribution in [0.15, 0.2) is 58.1 Å². The van der Waals surface area contributed by atoms with Gasteiger partial charge in [-0.3, -0.25) is 4.99 Å². The van der Waals surface area contributed by atoms with Crippen LogP contribution in [0.25, 0.3) is 5.52 Å². The molecule has 0 radical (unpaired) electrons. The molecule has 3 heterocycles. The zero-order valence-corrected chi connectivity index (χ0v) is 14.2. The molecule has 0 unspecified atom stereocenters. The molecule has 0 atom stereocenters. The largest absolute Gasteiger partial charge is 0.506 e. The van der Waals surface area contributed by atoms with E-state index in [4.69, 9.17) is 10.5 Å². The Labute approximate surface area is 150 Å². The second-order valence-corrected chi connectivity index (χ2v) is 5.95. The summed E-state index contributed by atoms with van der Waals surface area (Å²) in [4.78, 5) is 9.01. The van der Waals surface area contributed by atoms with Crippen molar-refractivity contribution in [2.45, 2.75) is 6.42 Å². The quantitative estimate of drug-likeness (QED) is 0.563. The van der Waals surface area contributed by atoms with Crippen LogP contribution in [-0.4, -0.2) is 52.4 Å². The Morgan fingerprint density at radius 2 is 2.27 bits per heavy atom. The van der Waals surface area contributed by atoms with Crippen LogP contribution in [0.4, 0.5) is 11.5 Å². The first-order valence-corrected chi connectivity index (χ1v) is 8.56. The molecule has 0 saturated carbocycles. The molecular weight excluding hydrogens is 332 g/mol. The van der Waals surface area contributed by atoms with E-state index in [0.717, 1.165) is 11.9 Å². The van der Waals surface area contributed by atoms with Gasteiger partial charge in [0.1, 0.15) is 35.2 Å². The molecule has 0 amide bonds. The molecule has 4 N–H and O–H groups in total. The lowest BCUT2D eigenvalue weighted by Gasteiger charge is -2.19. The third kappa shape index (κ3) is 3.06. The van der Waals surface area contributed by atoms with Crippen LogP contribution in [-0.2, 0) is 4.74 Å². The van der Waals surface area contributed by atoms with Crippen LogP contribution in [0.3, 0.4) is 0 Å². The van der Waals surface area contributed by atoms with Gasteiger partial charge >= 0.3 is 0 Å². The topological polar surface area (TPSA) is 110 Å². The number of aromatic nitrogens is 2. The van der Waals surface area contributed by atoms with Crippen LogP contribution < -0.4 is 11.1 Å². The van der Waals surface area contributed by atoms with E-state index in [-0.39, 0.29) is 5.76 Å². The van der Waals surface area contributed by atoms with E-state index in [1.165, 1.54) is 0 Å². The van der Waals surface area contributed by atoms with Gasteiger partial charge in [-0.2, -0.15) is 0 Å². The number of ether oxygens (including phenoxy) is 1. The molecule has 2 aromatic heterocycles. The van der Waals surface area contributed by atoms with Crippen molar-refractivity contribution in [3.8, 4) is 0 Å². The number of nitrogens with one attached hydrogen (secondary N) is 1. The minimum Gasteiger partial charge on any atom is -0.506 e. The van der Waals surface area contributed by atoms with Crippen molar-refractivity contribution in [3.05, 3.63) is 48.1 Å². The first-order valence-electron chi connectivity index (χ1n) is 8.56. The number of allylic oxidation sites excluding steroid dienone is 2. The average Bonchev–Trinajstić information content (AvgIpc) is 3.00. The number of anilines is 1. The van der Waals surface area contributed by atoms with E-state index in [0.29, 0.717) is 54.9 Å². The Bertz CT molecular complexity index is 954. The highest BCUT2D eigenvalue weighted by atomic mass is 16.5. The molecule has 0 bridgehead atoms. The number of aliphatic hydroxyl groups is 1. The van der Waals surface area contributed by atoms with Crippen molar-refractivity contribution in [1.82, 2.24) is 9.61 Å². The predicted octanol–water partition coefficient (Wildman–Crippen LogP) is 1.98. The van der Waals surface area contributed by atoms with Crippen LogP contribution >= 0.6 is 0 Å². The van der Waals surface area contributed by atoms with Gasteiger partial charge in [-0.05, 0) is 25.1 Å². The number of pyridine rings is 1. The van der Waals surface area contributed by atoms with Gasteiger partial charge in [0.05, 0.1) is 12.1 Å². The van der Waals surface area contributed by atoms with Gasteiger partial charge in [0, 0.05) is 24.9 Å². The SMILES string of the molecule is NCCCNc1nn2ccccc2c1/N=C1\C=C2OCCN=C2C=C1O. The minimum absolute atomic E-state index is 0.0567. The molecular formula is C18H20N6O2. The molecule has 2 aliphatic rings. The highest BCUT2D eigenvalue weighted by molar-refractivity contribution is 6.22. The summed E-state index contributed by atoms with van der Waals surface area (Å²) < 4.78 is 7.38. The Morgan fingerprint density at radius 3 is 3.15 bits per heavy atom. The molecule has 8 nitrogen and oxygen atoms in total. The highest BCUT2D eigenvalue weighted by Gasteiger charge is 2.22. The van der Waals surface area contributed by atoms with E-state index in [1.54, 1.807) is 16.7 Å². The summed E-state index contributed by atoms with van der Waals surface area (Å²) in [6.45, 7) is 2.41. The molecule has 0 aromatic carbocycles. The monoisotopic (exact) mass is 352 g/mol. The summed E-state index contributed by atoms with van der Waals surface area (Å²) in [6.07, 6.45) is 5.98. The fraction of sp³-hybridized carbons (Fsp3) is 0.278.